The van der Waals surface area contributed by atoms with Crippen molar-refractivity contribution in [2.24, 2.45) is 0 Å². The lowest BCUT2D eigenvalue weighted by molar-refractivity contribution is 0.726. The first kappa shape index (κ1) is 14.1. The Kier molecular flexibility index (Phi) is 5.00. The minimum absolute atomic E-state index is 0.934. The Morgan fingerprint density at radius 2 is 1.84 bits per heavy atom. The van der Waals surface area contributed by atoms with Crippen molar-refractivity contribution in [3.8, 4) is 0 Å². The van der Waals surface area contributed by atoms with Crippen molar-refractivity contribution in [1.82, 2.24) is 10.3 Å². The largest absolute Gasteiger partial charge is 0.313 e. The molecule has 0 radical (unpaired) electrons. The van der Waals surface area contributed by atoms with Gasteiger partial charge < -0.3 is 5.32 Å². The van der Waals surface area contributed by atoms with Gasteiger partial charge in [-0.25, -0.2) is 4.98 Å². The van der Waals surface area contributed by atoms with Crippen molar-refractivity contribution < 1.29 is 0 Å². The van der Waals surface area contributed by atoms with E-state index in [9.17, 15) is 0 Å². The van der Waals surface area contributed by atoms with Gasteiger partial charge >= 0.3 is 0 Å². The Hall–Kier alpha value is -1.32. The molecule has 1 aromatic heterocycles. The molecule has 0 spiro atoms. The first-order valence-corrected chi connectivity index (χ1v) is 7.42. The Labute approximate surface area is 119 Å². The summed E-state index contributed by atoms with van der Waals surface area (Å²) in [5, 5.41) is 4.40. The smallest absolute Gasteiger partial charge is 0.101 e. The number of hydrogen-bond acceptors (Lipinski definition) is 3. The number of aryl methyl sites for hydroxylation is 2. The fraction of sp³-hybridized carbons (Fsp3) is 0.312. The molecule has 0 aliphatic rings. The summed E-state index contributed by atoms with van der Waals surface area (Å²) in [5.74, 6) is 0. The minimum Gasteiger partial charge on any atom is -0.313 e. The third-order valence-corrected chi connectivity index (χ3v) is 3.73. The van der Waals surface area contributed by atoms with Crippen molar-refractivity contribution in [3.05, 3.63) is 53.2 Å². The predicted octanol–water partition coefficient (Wildman–Crippen LogP) is 3.96. The highest BCUT2D eigenvalue weighted by atomic mass is 32.2. The molecule has 0 bridgehead atoms. The summed E-state index contributed by atoms with van der Waals surface area (Å²) in [7, 11) is 0. The highest BCUT2D eigenvalue weighted by molar-refractivity contribution is 7.99. The standard InChI is InChI=1S/C16H20N2S/c1-4-17-11-14-5-7-15(8-6-14)19-16-10-12(2)9-13(3)18-16/h5-10,17H,4,11H2,1-3H3. The Balaban J connectivity index is 2.06. The van der Waals surface area contributed by atoms with Crippen LogP contribution in [0.1, 0.15) is 23.7 Å². The fourth-order valence-corrected chi connectivity index (χ4v) is 2.87. The van der Waals surface area contributed by atoms with Crippen LogP contribution in [0.2, 0.25) is 0 Å². The number of rotatable bonds is 5. The molecule has 0 aliphatic heterocycles. The van der Waals surface area contributed by atoms with E-state index in [4.69, 9.17) is 0 Å². The van der Waals surface area contributed by atoms with E-state index in [2.05, 4.69) is 60.5 Å². The van der Waals surface area contributed by atoms with Crippen LogP contribution in [0.3, 0.4) is 0 Å². The minimum atomic E-state index is 0.934. The maximum atomic E-state index is 4.55. The molecule has 0 saturated carbocycles. The van der Waals surface area contributed by atoms with Crippen LogP contribution in [0.4, 0.5) is 0 Å². The van der Waals surface area contributed by atoms with Crippen LogP contribution in [-0.4, -0.2) is 11.5 Å². The van der Waals surface area contributed by atoms with Crippen molar-refractivity contribution in [1.29, 1.82) is 0 Å². The van der Waals surface area contributed by atoms with E-state index in [1.54, 1.807) is 11.8 Å². The van der Waals surface area contributed by atoms with Gasteiger partial charge in [-0.3, -0.25) is 0 Å². The van der Waals surface area contributed by atoms with Gasteiger partial charge in [-0.2, -0.15) is 0 Å². The first-order chi connectivity index (χ1) is 9.17. The first-order valence-electron chi connectivity index (χ1n) is 6.60. The summed E-state index contributed by atoms with van der Waals surface area (Å²) >= 11 is 1.72. The zero-order chi connectivity index (χ0) is 13.7. The summed E-state index contributed by atoms with van der Waals surface area (Å²) in [6.45, 7) is 8.21. The molecule has 2 aromatic rings. The van der Waals surface area contributed by atoms with Crippen LogP contribution in [0.25, 0.3) is 0 Å². The average molecular weight is 272 g/mol. The second kappa shape index (κ2) is 6.73. The average Bonchev–Trinajstić information content (AvgIpc) is 2.37. The van der Waals surface area contributed by atoms with Gasteiger partial charge in [0.25, 0.3) is 0 Å². The Bertz CT molecular complexity index is 515. The molecule has 0 saturated heterocycles. The molecule has 3 heteroatoms. The van der Waals surface area contributed by atoms with Crippen LogP contribution in [0.15, 0.2) is 46.3 Å². The summed E-state index contributed by atoms with van der Waals surface area (Å²) in [4.78, 5) is 5.79. The molecule has 0 atom stereocenters. The van der Waals surface area contributed by atoms with Crippen molar-refractivity contribution >= 4 is 11.8 Å². The van der Waals surface area contributed by atoms with Gasteiger partial charge in [0.05, 0.1) is 0 Å². The van der Waals surface area contributed by atoms with Gasteiger partial charge in [-0.1, -0.05) is 30.8 Å². The van der Waals surface area contributed by atoms with Crippen molar-refractivity contribution in [3.63, 3.8) is 0 Å². The highest BCUT2D eigenvalue weighted by Gasteiger charge is 2.01. The van der Waals surface area contributed by atoms with Crippen molar-refractivity contribution in [2.75, 3.05) is 6.54 Å². The normalized spacial score (nSPS) is 10.7. The second-order valence-electron chi connectivity index (χ2n) is 4.65. The topological polar surface area (TPSA) is 24.9 Å². The molecule has 1 N–H and O–H groups in total. The lowest BCUT2D eigenvalue weighted by Crippen LogP contribution is -2.11. The number of benzene rings is 1. The number of nitrogens with one attached hydrogen (secondary N) is 1. The van der Waals surface area contributed by atoms with E-state index < -0.39 is 0 Å². The van der Waals surface area contributed by atoms with Gasteiger partial charge in [0.1, 0.15) is 5.03 Å². The van der Waals surface area contributed by atoms with E-state index in [0.717, 1.165) is 23.8 Å². The lowest BCUT2D eigenvalue weighted by Gasteiger charge is -2.06. The molecule has 0 fully saturated rings. The maximum absolute atomic E-state index is 4.55. The van der Waals surface area contributed by atoms with Crippen LogP contribution in [0, 0.1) is 13.8 Å². The molecule has 0 unspecified atom stereocenters. The molecule has 2 nitrogen and oxygen atoms in total. The van der Waals surface area contributed by atoms with E-state index in [0.29, 0.717) is 0 Å². The molecule has 2 rings (SSSR count). The third-order valence-electron chi connectivity index (χ3n) is 2.80. The number of nitrogens with zero attached hydrogens (tertiary/aromatic N) is 1. The molecule has 1 aromatic carbocycles. The van der Waals surface area contributed by atoms with Gasteiger partial charge in [-0.05, 0) is 55.8 Å². The summed E-state index contributed by atoms with van der Waals surface area (Å²) in [6.07, 6.45) is 0. The number of pyridine rings is 1. The third kappa shape index (κ3) is 4.37. The van der Waals surface area contributed by atoms with Gasteiger partial charge in [-0.15, -0.1) is 0 Å². The van der Waals surface area contributed by atoms with Crippen LogP contribution in [0.5, 0.6) is 0 Å². The molecule has 100 valence electrons. The summed E-state index contributed by atoms with van der Waals surface area (Å²) in [5.41, 5.74) is 3.66. The summed E-state index contributed by atoms with van der Waals surface area (Å²) in [6, 6.07) is 12.9. The number of hydrogen-bond donors (Lipinski definition) is 1. The predicted molar refractivity (Wildman–Crippen MR) is 81.7 cm³/mol. The van der Waals surface area contributed by atoms with Crippen LogP contribution < -0.4 is 5.32 Å². The molecular weight excluding hydrogens is 252 g/mol. The molecule has 19 heavy (non-hydrogen) atoms. The Morgan fingerprint density at radius 1 is 1.11 bits per heavy atom. The zero-order valence-electron chi connectivity index (χ0n) is 11.7. The van der Waals surface area contributed by atoms with Crippen molar-refractivity contribution in [2.45, 2.75) is 37.2 Å². The van der Waals surface area contributed by atoms with Crippen LogP contribution >= 0.6 is 11.8 Å². The van der Waals surface area contributed by atoms with Gasteiger partial charge in [0, 0.05) is 17.1 Å². The van der Waals surface area contributed by atoms with Crippen LogP contribution in [-0.2, 0) is 6.54 Å². The van der Waals surface area contributed by atoms with E-state index >= 15 is 0 Å². The van der Waals surface area contributed by atoms with E-state index in [1.165, 1.54) is 16.0 Å². The zero-order valence-corrected chi connectivity index (χ0v) is 12.6. The highest BCUT2D eigenvalue weighted by Crippen LogP contribution is 2.27. The quantitative estimate of drug-likeness (QED) is 0.892. The monoisotopic (exact) mass is 272 g/mol. The molecule has 1 heterocycles. The van der Waals surface area contributed by atoms with E-state index in [1.807, 2.05) is 6.92 Å². The molecule has 0 aliphatic carbocycles. The van der Waals surface area contributed by atoms with Gasteiger partial charge in [0.2, 0.25) is 0 Å². The van der Waals surface area contributed by atoms with E-state index in [-0.39, 0.29) is 0 Å². The lowest BCUT2D eigenvalue weighted by atomic mass is 10.2. The molecule has 0 amide bonds. The SMILES string of the molecule is CCNCc1ccc(Sc2cc(C)cc(C)n2)cc1. The summed E-state index contributed by atoms with van der Waals surface area (Å²) < 4.78 is 0. The fourth-order valence-electron chi connectivity index (χ4n) is 1.92. The maximum Gasteiger partial charge on any atom is 0.101 e. The number of aromatic nitrogens is 1. The molecular formula is C16H20N2S. The second-order valence-corrected chi connectivity index (χ2v) is 5.74. The van der Waals surface area contributed by atoms with Gasteiger partial charge in [0.15, 0.2) is 0 Å². The Morgan fingerprint density at radius 3 is 2.47 bits per heavy atom.